The monoisotopic (exact) mass is 272 g/mol. The largest absolute Gasteiger partial charge is 0.325 e. The van der Waals surface area contributed by atoms with Crippen molar-refractivity contribution in [3.05, 3.63) is 59.9 Å². The normalized spacial score (nSPS) is 9.90. The molecule has 0 saturated carbocycles. The molecule has 2 rings (SSSR count). The number of hydrogen-bond donors (Lipinski definition) is 2. The van der Waals surface area contributed by atoms with E-state index in [0.29, 0.717) is 11.4 Å². The highest BCUT2D eigenvalue weighted by atomic mass is 19.1. The number of nitrogens with one attached hydrogen (secondary N) is 2. The minimum atomic E-state index is -0.595. The molecule has 0 fully saturated rings. The number of amides is 2. The van der Waals surface area contributed by atoms with E-state index in [4.69, 9.17) is 0 Å². The van der Waals surface area contributed by atoms with Crippen molar-refractivity contribution >= 4 is 23.2 Å². The van der Waals surface area contributed by atoms with Crippen molar-refractivity contribution in [2.45, 2.75) is 6.92 Å². The van der Waals surface area contributed by atoms with Crippen LogP contribution in [0.1, 0.15) is 17.3 Å². The summed E-state index contributed by atoms with van der Waals surface area (Å²) >= 11 is 0. The minimum Gasteiger partial charge on any atom is -0.325 e. The summed E-state index contributed by atoms with van der Waals surface area (Å²) in [5.41, 5.74) is 0.825. The number of hydrogen-bond acceptors (Lipinski definition) is 2. The first-order valence-corrected chi connectivity index (χ1v) is 6.00. The fourth-order valence-corrected chi connectivity index (χ4v) is 1.73. The number of halogens is 1. The van der Waals surface area contributed by atoms with Crippen LogP contribution >= 0.6 is 0 Å². The molecule has 5 heteroatoms. The molecular weight excluding hydrogens is 259 g/mol. The molecule has 2 aromatic carbocycles. The van der Waals surface area contributed by atoms with Gasteiger partial charge in [-0.2, -0.15) is 0 Å². The summed E-state index contributed by atoms with van der Waals surface area (Å²) in [6, 6.07) is 12.4. The Hall–Kier alpha value is -2.69. The van der Waals surface area contributed by atoms with Gasteiger partial charge in [0.25, 0.3) is 5.91 Å². The highest BCUT2D eigenvalue weighted by Gasteiger charge is 2.12. The van der Waals surface area contributed by atoms with Gasteiger partial charge < -0.3 is 10.6 Å². The molecule has 2 N–H and O–H groups in total. The fraction of sp³-hybridized carbons (Fsp3) is 0.0667. The smallest absolute Gasteiger partial charge is 0.258 e. The predicted molar refractivity (Wildman–Crippen MR) is 75.1 cm³/mol. The molecule has 4 nitrogen and oxygen atoms in total. The zero-order valence-electron chi connectivity index (χ0n) is 10.8. The standard InChI is InChI=1S/C15H13FN2O2/c1-10(19)17-13-8-4-5-9-14(13)18-15(20)11-6-2-3-7-12(11)16/h2-9H,1H3,(H,17,19)(H,18,20). The molecule has 102 valence electrons. The van der Waals surface area contributed by atoms with E-state index in [9.17, 15) is 14.0 Å². The number of carbonyl (C=O) groups is 2. The van der Waals surface area contributed by atoms with Crippen molar-refractivity contribution in [3.8, 4) is 0 Å². The van der Waals surface area contributed by atoms with Gasteiger partial charge in [-0.15, -0.1) is 0 Å². The van der Waals surface area contributed by atoms with Gasteiger partial charge in [0.1, 0.15) is 5.82 Å². The second-order valence-corrected chi connectivity index (χ2v) is 4.16. The maximum Gasteiger partial charge on any atom is 0.258 e. The predicted octanol–water partition coefficient (Wildman–Crippen LogP) is 3.04. The maximum absolute atomic E-state index is 13.5. The van der Waals surface area contributed by atoms with Crippen LogP contribution in [0.2, 0.25) is 0 Å². The molecule has 0 aliphatic carbocycles. The van der Waals surface area contributed by atoms with Gasteiger partial charge in [0.05, 0.1) is 16.9 Å². The lowest BCUT2D eigenvalue weighted by atomic mass is 10.2. The summed E-state index contributed by atoms with van der Waals surface area (Å²) in [7, 11) is 0. The van der Waals surface area contributed by atoms with Gasteiger partial charge in [-0.3, -0.25) is 9.59 Å². The van der Waals surface area contributed by atoms with E-state index in [-0.39, 0.29) is 11.5 Å². The quantitative estimate of drug-likeness (QED) is 0.902. The van der Waals surface area contributed by atoms with Crippen LogP contribution in [-0.4, -0.2) is 11.8 Å². The second-order valence-electron chi connectivity index (χ2n) is 4.16. The third-order valence-corrected chi connectivity index (χ3v) is 2.60. The third-order valence-electron chi connectivity index (χ3n) is 2.60. The molecular formula is C15H13FN2O2. The average Bonchev–Trinajstić information content (AvgIpc) is 2.41. The Labute approximate surface area is 115 Å². The summed E-state index contributed by atoms with van der Waals surface area (Å²) in [5.74, 6) is -1.42. The molecule has 0 radical (unpaired) electrons. The SMILES string of the molecule is CC(=O)Nc1ccccc1NC(=O)c1ccccc1F. The molecule has 20 heavy (non-hydrogen) atoms. The lowest BCUT2D eigenvalue weighted by Gasteiger charge is -2.11. The van der Waals surface area contributed by atoms with Crippen LogP contribution in [0.5, 0.6) is 0 Å². The Balaban J connectivity index is 2.24. The first kappa shape index (κ1) is 13.7. The van der Waals surface area contributed by atoms with Crippen molar-refractivity contribution < 1.29 is 14.0 Å². The summed E-state index contributed by atoms with van der Waals surface area (Å²) < 4.78 is 13.5. The number of rotatable bonds is 3. The van der Waals surface area contributed by atoms with E-state index >= 15 is 0 Å². The molecule has 2 aromatic rings. The van der Waals surface area contributed by atoms with E-state index < -0.39 is 11.7 Å². The van der Waals surface area contributed by atoms with Crippen molar-refractivity contribution in [2.75, 3.05) is 10.6 Å². The van der Waals surface area contributed by atoms with E-state index in [2.05, 4.69) is 10.6 Å². The van der Waals surface area contributed by atoms with Crippen LogP contribution in [-0.2, 0) is 4.79 Å². The number of benzene rings is 2. The van der Waals surface area contributed by atoms with Gasteiger partial charge >= 0.3 is 0 Å². The van der Waals surface area contributed by atoms with Gasteiger partial charge in [-0.25, -0.2) is 4.39 Å². The van der Waals surface area contributed by atoms with E-state index in [0.717, 1.165) is 0 Å². The number of para-hydroxylation sites is 2. The van der Waals surface area contributed by atoms with E-state index in [1.165, 1.54) is 25.1 Å². The van der Waals surface area contributed by atoms with Crippen LogP contribution in [0.25, 0.3) is 0 Å². The van der Waals surface area contributed by atoms with E-state index in [1.807, 2.05) is 0 Å². The van der Waals surface area contributed by atoms with Gasteiger partial charge in [0, 0.05) is 6.92 Å². The second kappa shape index (κ2) is 5.97. The Morgan fingerprint density at radius 3 is 2.05 bits per heavy atom. The Morgan fingerprint density at radius 2 is 1.45 bits per heavy atom. The molecule has 0 atom stereocenters. The highest BCUT2D eigenvalue weighted by molar-refractivity contribution is 6.07. The first-order valence-electron chi connectivity index (χ1n) is 6.00. The molecule has 0 heterocycles. The summed E-state index contributed by atoms with van der Waals surface area (Å²) in [4.78, 5) is 23.1. The van der Waals surface area contributed by atoms with Crippen LogP contribution < -0.4 is 10.6 Å². The van der Waals surface area contributed by atoms with Gasteiger partial charge in [0.2, 0.25) is 5.91 Å². The average molecular weight is 272 g/mol. The summed E-state index contributed by atoms with van der Waals surface area (Å²) in [6.07, 6.45) is 0. The lowest BCUT2D eigenvalue weighted by molar-refractivity contribution is -0.114. The lowest BCUT2D eigenvalue weighted by Crippen LogP contribution is -2.16. The number of anilines is 2. The minimum absolute atomic E-state index is 0.0508. The van der Waals surface area contributed by atoms with Crippen LogP contribution in [0.3, 0.4) is 0 Å². The Morgan fingerprint density at radius 1 is 0.900 bits per heavy atom. The molecule has 0 aromatic heterocycles. The molecule has 0 saturated heterocycles. The molecule has 2 amide bonds. The Bertz CT molecular complexity index is 656. The molecule has 0 bridgehead atoms. The highest BCUT2D eigenvalue weighted by Crippen LogP contribution is 2.22. The van der Waals surface area contributed by atoms with Crippen LogP contribution in [0, 0.1) is 5.82 Å². The number of carbonyl (C=O) groups excluding carboxylic acids is 2. The van der Waals surface area contributed by atoms with Crippen molar-refractivity contribution in [1.29, 1.82) is 0 Å². The van der Waals surface area contributed by atoms with Gasteiger partial charge in [-0.1, -0.05) is 24.3 Å². The topological polar surface area (TPSA) is 58.2 Å². The molecule has 0 aliphatic heterocycles. The summed E-state index contributed by atoms with van der Waals surface area (Å²) in [6.45, 7) is 1.37. The zero-order valence-corrected chi connectivity index (χ0v) is 10.8. The van der Waals surface area contributed by atoms with Gasteiger partial charge in [0.15, 0.2) is 0 Å². The third kappa shape index (κ3) is 3.20. The van der Waals surface area contributed by atoms with Crippen molar-refractivity contribution in [3.63, 3.8) is 0 Å². The van der Waals surface area contributed by atoms with Crippen molar-refractivity contribution in [1.82, 2.24) is 0 Å². The zero-order chi connectivity index (χ0) is 14.5. The van der Waals surface area contributed by atoms with Crippen LogP contribution in [0.15, 0.2) is 48.5 Å². The first-order chi connectivity index (χ1) is 9.58. The summed E-state index contributed by atoms with van der Waals surface area (Å²) in [5, 5.41) is 5.18. The molecule has 0 aliphatic rings. The van der Waals surface area contributed by atoms with Crippen molar-refractivity contribution in [2.24, 2.45) is 0 Å². The van der Waals surface area contributed by atoms with Gasteiger partial charge in [-0.05, 0) is 24.3 Å². The molecule has 0 spiro atoms. The van der Waals surface area contributed by atoms with Crippen LogP contribution in [0.4, 0.5) is 15.8 Å². The molecule has 0 unspecified atom stereocenters. The fourth-order valence-electron chi connectivity index (χ4n) is 1.73. The maximum atomic E-state index is 13.5. The van der Waals surface area contributed by atoms with E-state index in [1.54, 1.807) is 30.3 Å². The Kier molecular flexibility index (Phi) is 4.10.